The Balaban J connectivity index is 0.00000220. The van der Waals surface area contributed by atoms with Crippen molar-refractivity contribution >= 4 is 12.4 Å². The molecule has 2 rings (SSSR count). The van der Waals surface area contributed by atoms with Gasteiger partial charge in [0.15, 0.2) is 0 Å². The number of hydrogen-bond acceptors (Lipinski definition) is 2. The van der Waals surface area contributed by atoms with Gasteiger partial charge in [0.25, 0.3) is 0 Å². The highest BCUT2D eigenvalue weighted by Crippen LogP contribution is 2.30. The number of aryl methyl sites for hydroxylation is 1. The molecule has 120 valence electrons. The molecule has 0 radical (unpaired) electrons. The Morgan fingerprint density at radius 1 is 1.24 bits per heavy atom. The smallest absolute Gasteiger partial charge is 0.317 e. The van der Waals surface area contributed by atoms with E-state index in [1.54, 1.807) is 13.0 Å². The van der Waals surface area contributed by atoms with Crippen LogP contribution in [-0.4, -0.2) is 31.1 Å². The van der Waals surface area contributed by atoms with Gasteiger partial charge in [0, 0.05) is 12.6 Å². The minimum Gasteiger partial charge on any atom is -0.317 e. The zero-order chi connectivity index (χ0) is 14.8. The second-order valence-electron chi connectivity index (χ2n) is 5.54. The first kappa shape index (κ1) is 18.3. The zero-order valence-electron chi connectivity index (χ0n) is 12.3. The number of benzene rings is 1. The van der Waals surface area contributed by atoms with Crippen LogP contribution in [0.25, 0.3) is 0 Å². The Hall–Kier alpha value is -0.780. The van der Waals surface area contributed by atoms with Crippen molar-refractivity contribution in [2.45, 2.75) is 38.5 Å². The van der Waals surface area contributed by atoms with E-state index in [-0.39, 0.29) is 12.4 Å². The quantitative estimate of drug-likeness (QED) is 0.914. The number of hydrogen-bond donors (Lipinski definition) is 1. The normalized spacial score (nSPS) is 16.9. The molecule has 0 spiro atoms. The third kappa shape index (κ3) is 4.87. The molecule has 1 N–H and O–H groups in total. The van der Waals surface area contributed by atoms with Crippen molar-refractivity contribution in [1.29, 1.82) is 0 Å². The van der Waals surface area contributed by atoms with Gasteiger partial charge in [-0.15, -0.1) is 12.4 Å². The van der Waals surface area contributed by atoms with Crippen LogP contribution in [0, 0.1) is 6.92 Å². The second kappa shape index (κ2) is 7.47. The predicted molar refractivity (Wildman–Crippen MR) is 80.8 cm³/mol. The number of alkyl halides is 3. The third-order valence-corrected chi connectivity index (χ3v) is 4.02. The van der Waals surface area contributed by atoms with E-state index in [1.165, 1.54) is 12.1 Å². The maximum absolute atomic E-state index is 12.6. The Kier molecular flexibility index (Phi) is 6.50. The van der Waals surface area contributed by atoms with E-state index in [0.29, 0.717) is 18.2 Å². The molecule has 1 heterocycles. The van der Waals surface area contributed by atoms with Crippen molar-refractivity contribution in [2.24, 2.45) is 0 Å². The lowest BCUT2D eigenvalue weighted by Crippen LogP contribution is -2.40. The molecule has 1 aliphatic heterocycles. The van der Waals surface area contributed by atoms with Gasteiger partial charge in [0.05, 0.1) is 5.56 Å². The molecule has 21 heavy (non-hydrogen) atoms. The summed E-state index contributed by atoms with van der Waals surface area (Å²) >= 11 is 0. The monoisotopic (exact) mass is 322 g/mol. The van der Waals surface area contributed by atoms with Gasteiger partial charge in [0.2, 0.25) is 0 Å². The predicted octanol–water partition coefficient (Wildman–Crippen LogP) is 3.62. The van der Waals surface area contributed by atoms with Crippen LogP contribution in [0.5, 0.6) is 0 Å². The van der Waals surface area contributed by atoms with E-state index in [9.17, 15) is 13.2 Å². The van der Waals surface area contributed by atoms with E-state index in [2.05, 4.69) is 10.2 Å². The number of nitrogens with one attached hydrogen (secondary N) is 1. The van der Waals surface area contributed by atoms with Gasteiger partial charge in [-0.25, -0.2) is 0 Å². The first-order valence-corrected chi connectivity index (χ1v) is 6.95. The fourth-order valence-corrected chi connectivity index (χ4v) is 2.69. The van der Waals surface area contributed by atoms with Gasteiger partial charge in [-0.2, -0.15) is 13.2 Å². The highest BCUT2D eigenvalue weighted by atomic mass is 35.5. The summed E-state index contributed by atoms with van der Waals surface area (Å²) < 4.78 is 37.9. The molecule has 0 unspecified atom stereocenters. The number of halogens is 4. The van der Waals surface area contributed by atoms with Crippen LogP contribution in [0.2, 0.25) is 0 Å². The average molecular weight is 323 g/mol. The fraction of sp³-hybridized carbons (Fsp3) is 0.600. The van der Waals surface area contributed by atoms with E-state index >= 15 is 0 Å². The molecule has 0 aliphatic carbocycles. The van der Waals surface area contributed by atoms with Crippen LogP contribution >= 0.6 is 12.4 Å². The van der Waals surface area contributed by atoms with E-state index in [1.807, 2.05) is 7.05 Å². The summed E-state index contributed by atoms with van der Waals surface area (Å²) in [7, 11) is 2.05. The molecule has 2 nitrogen and oxygen atoms in total. The van der Waals surface area contributed by atoms with Crippen LogP contribution < -0.4 is 5.32 Å². The fourth-order valence-electron chi connectivity index (χ4n) is 2.69. The lowest BCUT2D eigenvalue weighted by atomic mass is 10.0. The van der Waals surface area contributed by atoms with Gasteiger partial charge in [-0.05, 0) is 63.2 Å². The number of rotatable bonds is 3. The van der Waals surface area contributed by atoms with Crippen LogP contribution in [0.15, 0.2) is 18.2 Å². The van der Waals surface area contributed by atoms with Gasteiger partial charge >= 0.3 is 6.18 Å². The van der Waals surface area contributed by atoms with Crippen molar-refractivity contribution in [3.63, 3.8) is 0 Å². The van der Waals surface area contributed by atoms with Gasteiger partial charge < -0.3 is 5.32 Å². The molecule has 1 saturated heterocycles. The van der Waals surface area contributed by atoms with E-state index in [0.717, 1.165) is 31.5 Å². The minimum absolute atomic E-state index is 0. The summed E-state index contributed by atoms with van der Waals surface area (Å²) in [6, 6.07) is 4.54. The molecule has 6 heteroatoms. The van der Waals surface area contributed by atoms with Crippen molar-refractivity contribution in [2.75, 3.05) is 20.1 Å². The second-order valence-corrected chi connectivity index (χ2v) is 5.54. The summed E-state index contributed by atoms with van der Waals surface area (Å²) in [6.07, 6.45) is -2.07. The number of piperidine rings is 1. The average Bonchev–Trinajstić information content (AvgIpc) is 2.41. The van der Waals surface area contributed by atoms with Crippen molar-refractivity contribution in [3.8, 4) is 0 Å². The molecule has 0 atom stereocenters. The molecule has 1 aromatic rings. The highest BCUT2D eigenvalue weighted by Gasteiger charge is 2.30. The maximum atomic E-state index is 12.6. The Labute approximate surface area is 130 Å². The standard InChI is InChI=1S/C15H21F3N2.ClH/c1-11-9-13(15(16,17)18)4-3-12(11)10-20(2)14-5-7-19-8-6-14;/h3-4,9,14,19H,5-8,10H2,1-2H3;1H. The topological polar surface area (TPSA) is 15.3 Å². The SMILES string of the molecule is Cc1cc(C(F)(F)F)ccc1CN(C)C1CCNCC1.Cl. The van der Waals surface area contributed by atoms with Crippen molar-refractivity contribution in [3.05, 3.63) is 34.9 Å². The van der Waals surface area contributed by atoms with Gasteiger partial charge in [-0.1, -0.05) is 6.07 Å². The van der Waals surface area contributed by atoms with Gasteiger partial charge in [0.1, 0.15) is 0 Å². The summed E-state index contributed by atoms with van der Waals surface area (Å²) in [5.74, 6) is 0. The Morgan fingerprint density at radius 2 is 1.86 bits per heavy atom. The maximum Gasteiger partial charge on any atom is 0.416 e. The summed E-state index contributed by atoms with van der Waals surface area (Å²) in [5, 5.41) is 3.32. The number of nitrogens with zero attached hydrogens (tertiary/aromatic N) is 1. The largest absolute Gasteiger partial charge is 0.416 e. The lowest BCUT2D eigenvalue weighted by Gasteiger charge is -2.32. The molecule has 0 amide bonds. The molecular weight excluding hydrogens is 301 g/mol. The molecule has 1 aromatic carbocycles. The summed E-state index contributed by atoms with van der Waals surface area (Å²) in [4.78, 5) is 2.25. The molecule has 0 bridgehead atoms. The first-order chi connectivity index (χ1) is 9.38. The molecule has 0 aromatic heterocycles. The molecule has 1 fully saturated rings. The highest BCUT2D eigenvalue weighted by molar-refractivity contribution is 5.85. The third-order valence-electron chi connectivity index (χ3n) is 4.02. The van der Waals surface area contributed by atoms with Gasteiger partial charge in [-0.3, -0.25) is 4.90 Å². The lowest BCUT2D eigenvalue weighted by molar-refractivity contribution is -0.137. The molecule has 0 saturated carbocycles. The zero-order valence-corrected chi connectivity index (χ0v) is 13.2. The summed E-state index contributed by atoms with van der Waals surface area (Å²) in [6.45, 7) is 4.48. The molecule has 1 aliphatic rings. The van der Waals surface area contributed by atoms with Crippen molar-refractivity contribution in [1.82, 2.24) is 10.2 Å². The summed E-state index contributed by atoms with van der Waals surface area (Å²) in [5.41, 5.74) is 1.11. The Bertz CT molecular complexity index is 457. The van der Waals surface area contributed by atoms with E-state index < -0.39 is 11.7 Å². The van der Waals surface area contributed by atoms with Crippen LogP contribution in [0.1, 0.15) is 29.5 Å². The first-order valence-electron chi connectivity index (χ1n) is 6.95. The molecular formula is C15H22ClF3N2. The van der Waals surface area contributed by atoms with Crippen molar-refractivity contribution < 1.29 is 13.2 Å². The Morgan fingerprint density at radius 3 is 2.38 bits per heavy atom. The minimum atomic E-state index is -4.26. The van der Waals surface area contributed by atoms with Crippen LogP contribution in [0.4, 0.5) is 13.2 Å². The van der Waals surface area contributed by atoms with E-state index in [4.69, 9.17) is 0 Å². The van der Waals surface area contributed by atoms with Crippen LogP contribution in [0.3, 0.4) is 0 Å². The van der Waals surface area contributed by atoms with Crippen LogP contribution in [-0.2, 0) is 12.7 Å².